The third kappa shape index (κ3) is 6.62. The summed E-state index contributed by atoms with van der Waals surface area (Å²) in [6.45, 7) is 0.347. The van der Waals surface area contributed by atoms with E-state index >= 15 is 0 Å². The van der Waals surface area contributed by atoms with E-state index in [1.165, 1.54) is 13.2 Å². The highest BCUT2D eigenvalue weighted by molar-refractivity contribution is 7.91. The predicted octanol–water partition coefficient (Wildman–Crippen LogP) is -0.521. The third-order valence-corrected chi connectivity index (χ3v) is 3.08. The largest absolute Gasteiger partial charge is 0.466 e. The summed E-state index contributed by atoms with van der Waals surface area (Å²) in [6.07, 6.45) is 2.81. The highest BCUT2D eigenvalue weighted by Gasteiger charge is 2.07. The van der Waals surface area contributed by atoms with E-state index < -0.39 is 15.8 Å². The van der Waals surface area contributed by atoms with Gasteiger partial charge >= 0.3 is 5.97 Å². The highest BCUT2D eigenvalue weighted by atomic mass is 32.2. The number of carbonyl (C=O) groups is 1. The molecule has 0 aromatic carbocycles. The first kappa shape index (κ1) is 13.1. The number of hydrogen-bond acceptors (Lipinski definition) is 5. The minimum atomic E-state index is -3.12. The maximum Gasteiger partial charge on any atom is 0.330 e. The van der Waals surface area contributed by atoms with Gasteiger partial charge in [0.15, 0.2) is 9.84 Å². The van der Waals surface area contributed by atoms with Crippen LogP contribution in [0.15, 0.2) is 12.2 Å². The van der Waals surface area contributed by atoms with Crippen LogP contribution in [0.1, 0.15) is 6.42 Å². The van der Waals surface area contributed by atoms with Gasteiger partial charge < -0.3 is 10.5 Å². The van der Waals surface area contributed by atoms with Crippen LogP contribution in [0.5, 0.6) is 0 Å². The second-order valence-electron chi connectivity index (χ2n) is 2.68. The molecule has 0 fully saturated rings. The Balaban J connectivity index is 3.99. The van der Waals surface area contributed by atoms with Gasteiger partial charge in [-0.2, -0.15) is 0 Å². The van der Waals surface area contributed by atoms with Crippen molar-refractivity contribution in [1.82, 2.24) is 0 Å². The van der Waals surface area contributed by atoms with Gasteiger partial charge in [-0.3, -0.25) is 0 Å². The summed E-state index contributed by atoms with van der Waals surface area (Å²) in [5, 5.41) is 0. The molecule has 0 bridgehead atoms. The lowest BCUT2D eigenvalue weighted by Crippen LogP contribution is -2.13. The Kier molecular flexibility index (Phi) is 6.14. The zero-order chi connectivity index (χ0) is 11.0. The number of rotatable bonds is 6. The van der Waals surface area contributed by atoms with E-state index in [0.717, 1.165) is 6.08 Å². The Morgan fingerprint density at radius 2 is 2.14 bits per heavy atom. The molecule has 0 unspecified atom stereocenters. The van der Waals surface area contributed by atoms with Crippen LogP contribution < -0.4 is 5.73 Å². The van der Waals surface area contributed by atoms with E-state index in [2.05, 4.69) is 4.74 Å². The van der Waals surface area contributed by atoms with Crippen molar-refractivity contribution in [2.45, 2.75) is 6.42 Å². The molecular weight excluding hydrogens is 206 g/mol. The summed E-state index contributed by atoms with van der Waals surface area (Å²) >= 11 is 0. The van der Waals surface area contributed by atoms with Crippen molar-refractivity contribution in [2.24, 2.45) is 5.73 Å². The van der Waals surface area contributed by atoms with Crippen LogP contribution in [0.25, 0.3) is 0 Å². The fraction of sp³-hybridized carbons (Fsp3) is 0.625. The maximum atomic E-state index is 11.2. The SMILES string of the molecule is COC(=O)C=CCS(=O)(=O)CCCN. The first-order valence-electron chi connectivity index (χ1n) is 4.17. The smallest absolute Gasteiger partial charge is 0.330 e. The standard InChI is InChI=1S/C8H15NO4S/c1-13-8(10)4-2-6-14(11,12)7-3-5-9/h2,4H,3,5-7,9H2,1H3. The lowest BCUT2D eigenvalue weighted by Gasteiger charge is -1.98. The molecule has 82 valence electrons. The van der Waals surface area contributed by atoms with Crippen molar-refractivity contribution >= 4 is 15.8 Å². The van der Waals surface area contributed by atoms with Crippen LogP contribution in [0.4, 0.5) is 0 Å². The van der Waals surface area contributed by atoms with Gasteiger partial charge in [-0.05, 0) is 13.0 Å². The second-order valence-corrected chi connectivity index (χ2v) is 4.91. The predicted molar refractivity (Wildman–Crippen MR) is 53.5 cm³/mol. The molecule has 0 aromatic heterocycles. The van der Waals surface area contributed by atoms with Crippen LogP contribution in [-0.4, -0.2) is 39.5 Å². The van der Waals surface area contributed by atoms with E-state index in [4.69, 9.17) is 5.73 Å². The average molecular weight is 221 g/mol. The van der Waals surface area contributed by atoms with Gasteiger partial charge in [0.25, 0.3) is 0 Å². The molecule has 0 aliphatic carbocycles. The molecule has 0 radical (unpaired) electrons. The van der Waals surface area contributed by atoms with Crippen LogP contribution in [0.2, 0.25) is 0 Å². The zero-order valence-electron chi connectivity index (χ0n) is 8.10. The molecule has 0 aliphatic rings. The number of esters is 1. The first-order valence-corrected chi connectivity index (χ1v) is 5.99. The monoisotopic (exact) mass is 221 g/mol. The summed E-state index contributed by atoms with van der Waals surface area (Å²) in [7, 11) is -1.89. The molecule has 0 rings (SSSR count). The van der Waals surface area contributed by atoms with E-state index in [0.29, 0.717) is 13.0 Å². The van der Waals surface area contributed by atoms with Gasteiger partial charge in [-0.25, -0.2) is 13.2 Å². The molecule has 0 aromatic rings. The van der Waals surface area contributed by atoms with Crippen LogP contribution >= 0.6 is 0 Å². The van der Waals surface area contributed by atoms with Gasteiger partial charge in [0.05, 0.1) is 18.6 Å². The molecule has 0 aliphatic heterocycles. The molecule has 0 atom stereocenters. The number of nitrogens with two attached hydrogens (primary N) is 1. The van der Waals surface area contributed by atoms with Crippen LogP contribution in [0.3, 0.4) is 0 Å². The lowest BCUT2D eigenvalue weighted by atomic mass is 10.5. The molecule has 0 spiro atoms. The minimum Gasteiger partial charge on any atom is -0.466 e. The number of hydrogen-bond donors (Lipinski definition) is 1. The topological polar surface area (TPSA) is 86.5 Å². The number of ether oxygens (including phenoxy) is 1. The van der Waals surface area contributed by atoms with E-state index in [1.807, 2.05) is 0 Å². The molecule has 0 saturated carbocycles. The van der Waals surface area contributed by atoms with Crippen LogP contribution in [-0.2, 0) is 19.4 Å². The Labute approximate surface area is 83.8 Å². The van der Waals surface area contributed by atoms with E-state index in [9.17, 15) is 13.2 Å². The normalized spacial score (nSPS) is 11.9. The van der Waals surface area contributed by atoms with Gasteiger partial charge in [0.1, 0.15) is 0 Å². The molecule has 6 heteroatoms. The van der Waals surface area contributed by atoms with Crippen molar-refractivity contribution < 1.29 is 17.9 Å². The molecule has 14 heavy (non-hydrogen) atoms. The Morgan fingerprint density at radius 1 is 1.50 bits per heavy atom. The summed E-state index contributed by atoms with van der Waals surface area (Å²) in [5.74, 6) is -0.657. The molecule has 0 amide bonds. The maximum absolute atomic E-state index is 11.2. The van der Waals surface area contributed by atoms with Crippen LogP contribution in [0, 0.1) is 0 Å². The quantitative estimate of drug-likeness (QED) is 0.481. The fourth-order valence-corrected chi connectivity index (χ4v) is 1.91. The van der Waals surface area contributed by atoms with Crippen molar-refractivity contribution in [3.05, 3.63) is 12.2 Å². The summed E-state index contributed by atoms with van der Waals surface area (Å²) < 4.78 is 26.7. The van der Waals surface area contributed by atoms with Gasteiger partial charge in [0.2, 0.25) is 0 Å². The van der Waals surface area contributed by atoms with Gasteiger partial charge in [-0.1, -0.05) is 6.08 Å². The van der Waals surface area contributed by atoms with Crippen molar-refractivity contribution in [1.29, 1.82) is 0 Å². The van der Waals surface area contributed by atoms with Crippen molar-refractivity contribution in [3.8, 4) is 0 Å². The summed E-state index contributed by atoms with van der Waals surface area (Å²) in [6, 6.07) is 0. The average Bonchev–Trinajstić information content (AvgIpc) is 2.14. The van der Waals surface area contributed by atoms with Crippen molar-refractivity contribution in [2.75, 3.05) is 25.2 Å². The Hall–Kier alpha value is -0.880. The molecule has 2 N–H and O–H groups in total. The third-order valence-electron chi connectivity index (χ3n) is 1.46. The highest BCUT2D eigenvalue weighted by Crippen LogP contribution is 1.94. The molecule has 0 heterocycles. The van der Waals surface area contributed by atoms with E-state index in [1.54, 1.807) is 0 Å². The number of methoxy groups -OCH3 is 1. The van der Waals surface area contributed by atoms with E-state index in [-0.39, 0.29) is 11.5 Å². The number of carbonyl (C=O) groups excluding carboxylic acids is 1. The zero-order valence-corrected chi connectivity index (χ0v) is 8.92. The Bertz CT molecular complexity index is 294. The molecule has 0 saturated heterocycles. The summed E-state index contributed by atoms with van der Waals surface area (Å²) in [4.78, 5) is 10.6. The van der Waals surface area contributed by atoms with Crippen molar-refractivity contribution in [3.63, 3.8) is 0 Å². The summed E-state index contributed by atoms with van der Waals surface area (Å²) in [5.41, 5.74) is 5.18. The molecule has 5 nitrogen and oxygen atoms in total. The molecular formula is C8H15NO4S. The lowest BCUT2D eigenvalue weighted by molar-refractivity contribution is -0.134. The Morgan fingerprint density at radius 3 is 2.64 bits per heavy atom. The van der Waals surface area contributed by atoms with Gasteiger partial charge in [-0.15, -0.1) is 0 Å². The first-order chi connectivity index (χ1) is 6.52. The second kappa shape index (κ2) is 6.56. The van der Waals surface area contributed by atoms with Gasteiger partial charge in [0, 0.05) is 6.08 Å². The minimum absolute atomic E-state index is 0.0506. The fourth-order valence-electron chi connectivity index (χ4n) is 0.746. The number of sulfone groups is 1.